The molecular formula is C16H17NO2S. The second-order valence-corrected chi connectivity index (χ2v) is 4.82. The fourth-order valence-corrected chi connectivity index (χ4v) is 2.06. The molecule has 4 heteroatoms. The molecule has 0 amide bonds. The molecule has 104 valence electrons. The van der Waals surface area contributed by atoms with Crippen molar-refractivity contribution >= 4 is 17.2 Å². The van der Waals surface area contributed by atoms with Crippen molar-refractivity contribution in [1.29, 1.82) is 0 Å². The summed E-state index contributed by atoms with van der Waals surface area (Å²) in [6.45, 7) is 1.09. The van der Waals surface area contributed by atoms with Crippen LogP contribution in [-0.2, 0) is 18.0 Å². The van der Waals surface area contributed by atoms with Crippen molar-refractivity contribution in [3.63, 3.8) is 0 Å². The van der Waals surface area contributed by atoms with Crippen LogP contribution in [0.2, 0.25) is 0 Å². The van der Waals surface area contributed by atoms with Gasteiger partial charge in [0.15, 0.2) is 0 Å². The lowest BCUT2D eigenvalue weighted by atomic mass is 10.1. The van der Waals surface area contributed by atoms with Gasteiger partial charge in [-0.1, -0.05) is 48.6 Å². The van der Waals surface area contributed by atoms with Crippen LogP contribution in [-0.4, -0.2) is 12.1 Å². The number of nitrogens with two attached hydrogens (primary N) is 1. The summed E-state index contributed by atoms with van der Waals surface area (Å²) in [6.07, 6.45) is 0. The van der Waals surface area contributed by atoms with E-state index >= 15 is 0 Å². The van der Waals surface area contributed by atoms with Crippen LogP contribution in [0.1, 0.15) is 16.7 Å². The summed E-state index contributed by atoms with van der Waals surface area (Å²) >= 11 is 5.02. The average Bonchev–Trinajstić information content (AvgIpc) is 2.48. The highest BCUT2D eigenvalue weighted by Gasteiger charge is 2.07. The van der Waals surface area contributed by atoms with Gasteiger partial charge in [-0.05, 0) is 23.3 Å². The molecule has 20 heavy (non-hydrogen) atoms. The second kappa shape index (κ2) is 7.03. The van der Waals surface area contributed by atoms with Gasteiger partial charge in [-0.15, -0.1) is 0 Å². The van der Waals surface area contributed by atoms with Gasteiger partial charge >= 0.3 is 0 Å². The van der Waals surface area contributed by atoms with Crippen LogP contribution >= 0.6 is 12.2 Å². The van der Waals surface area contributed by atoms with Gasteiger partial charge in [0.05, 0.1) is 25.9 Å². The summed E-state index contributed by atoms with van der Waals surface area (Å²) in [5.41, 5.74) is 8.60. The van der Waals surface area contributed by atoms with Crippen molar-refractivity contribution in [2.24, 2.45) is 5.73 Å². The molecule has 0 bridgehead atoms. The summed E-state index contributed by atoms with van der Waals surface area (Å²) in [5, 5.41) is 0. The topological polar surface area (TPSA) is 44.5 Å². The maximum Gasteiger partial charge on any atom is 0.129 e. The van der Waals surface area contributed by atoms with E-state index in [0.29, 0.717) is 24.0 Å². The van der Waals surface area contributed by atoms with Crippen LogP contribution in [0.15, 0.2) is 48.5 Å². The summed E-state index contributed by atoms with van der Waals surface area (Å²) in [7, 11) is 1.60. The summed E-state index contributed by atoms with van der Waals surface area (Å²) in [4.78, 5) is 0.326. The molecule has 0 aliphatic heterocycles. The first-order valence-electron chi connectivity index (χ1n) is 6.29. The number of benzene rings is 2. The highest BCUT2D eigenvalue weighted by molar-refractivity contribution is 7.80. The van der Waals surface area contributed by atoms with Gasteiger partial charge in [0.1, 0.15) is 10.7 Å². The van der Waals surface area contributed by atoms with Crippen LogP contribution in [0, 0.1) is 0 Å². The predicted octanol–water partition coefficient (Wildman–Crippen LogP) is 3.05. The van der Waals surface area contributed by atoms with Crippen molar-refractivity contribution in [2.45, 2.75) is 13.2 Å². The maximum absolute atomic E-state index is 5.69. The molecule has 2 aromatic carbocycles. The zero-order valence-corrected chi connectivity index (χ0v) is 12.2. The third-order valence-corrected chi connectivity index (χ3v) is 3.13. The number of thiocarbonyl (C=S) groups is 1. The molecule has 0 heterocycles. The predicted molar refractivity (Wildman–Crippen MR) is 83.8 cm³/mol. The van der Waals surface area contributed by atoms with Crippen LogP contribution in [0.3, 0.4) is 0 Å². The molecule has 0 unspecified atom stereocenters. The molecule has 2 rings (SSSR count). The van der Waals surface area contributed by atoms with Gasteiger partial charge in [-0.3, -0.25) is 0 Å². The fourth-order valence-electron chi connectivity index (χ4n) is 1.90. The Balaban J connectivity index is 1.99. The Bertz CT molecular complexity index is 584. The third-order valence-electron chi connectivity index (χ3n) is 2.91. The molecule has 0 aliphatic carbocycles. The summed E-state index contributed by atoms with van der Waals surface area (Å²) < 4.78 is 10.9. The van der Waals surface area contributed by atoms with Gasteiger partial charge in [0.25, 0.3) is 0 Å². The Kier molecular flexibility index (Phi) is 5.09. The zero-order valence-electron chi connectivity index (χ0n) is 11.3. The van der Waals surface area contributed by atoms with Crippen molar-refractivity contribution in [3.05, 3.63) is 65.2 Å². The lowest BCUT2D eigenvalue weighted by Gasteiger charge is -2.10. The Morgan fingerprint density at radius 3 is 2.40 bits per heavy atom. The highest BCUT2D eigenvalue weighted by atomic mass is 32.1. The Morgan fingerprint density at radius 2 is 1.75 bits per heavy atom. The van der Waals surface area contributed by atoms with E-state index in [1.54, 1.807) is 7.11 Å². The largest absolute Gasteiger partial charge is 0.496 e. The van der Waals surface area contributed by atoms with E-state index in [2.05, 4.69) is 0 Å². The minimum absolute atomic E-state index is 0.326. The van der Waals surface area contributed by atoms with Gasteiger partial charge in [-0.2, -0.15) is 0 Å². The van der Waals surface area contributed by atoms with E-state index in [1.165, 1.54) is 0 Å². The zero-order chi connectivity index (χ0) is 14.4. The van der Waals surface area contributed by atoms with Crippen molar-refractivity contribution in [3.8, 4) is 5.75 Å². The summed E-state index contributed by atoms with van der Waals surface area (Å²) in [5.74, 6) is 0.685. The Labute approximate surface area is 124 Å². The van der Waals surface area contributed by atoms with E-state index in [4.69, 9.17) is 27.4 Å². The number of hydrogen-bond acceptors (Lipinski definition) is 3. The molecule has 2 aromatic rings. The van der Waals surface area contributed by atoms with E-state index in [-0.39, 0.29) is 0 Å². The van der Waals surface area contributed by atoms with E-state index in [0.717, 1.165) is 16.7 Å². The quantitative estimate of drug-likeness (QED) is 0.829. The molecule has 0 saturated carbocycles. The SMILES string of the molecule is COc1ccc(COCc2ccccc2)cc1C(N)=S. The number of ether oxygens (including phenoxy) is 2. The molecule has 0 aliphatic rings. The third kappa shape index (κ3) is 3.79. The van der Waals surface area contributed by atoms with Gasteiger partial charge in [0.2, 0.25) is 0 Å². The van der Waals surface area contributed by atoms with E-state index in [1.807, 2.05) is 48.5 Å². The van der Waals surface area contributed by atoms with Gasteiger partial charge in [0, 0.05) is 0 Å². The van der Waals surface area contributed by atoms with Gasteiger partial charge in [-0.25, -0.2) is 0 Å². The lowest BCUT2D eigenvalue weighted by Crippen LogP contribution is -2.11. The Morgan fingerprint density at radius 1 is 1.05 bits per heavy atom. The maximum atomic E-state index is 5.69. The van der Waals surface area contributed by atoms with Crippen LogP contribution in [0.25, 0.3) is 0 Å². The second-order valence-electron chi connectivity index (χ2n) is 4.38. The molecule has 0 saturated heterocycles. The lowest BCUT2D eigenvalue weighted by molar-refractivity contribution is 0.107. The van der Waals surface area contributed by atoms with Crippen LogP contribution in [0.5, 0.6) is 5.75 Å². The number of methoxy groups -OCH3 is 1. The number of hydrogen-bond donors (Lipinski definition) is 1. The standard InChI is InChI=1S/C16H17NO2S/c1-18-15-8-7-13(9-14(15)16(17)20)11-19-10-12-5-3-2-4-6-12/h2-9H,10-11H2,1H3,(H2,17,20). The minimum atomic E-state index is 0.326. The van der Waals surface area contributed by atoms with E-state index < -0.39 is 0 Å². The minimum Gasteiger partial charge on any atom is -0.496 e. The summed E-state index contributed by atoms with van der Waals surface area (Å²) in [6, 6.07) is 15.8. The molecular weight excluding hydrogens is 270 g/mol. The monoisotopic (exact) mass is 287 g/mol. The molecule has 2 N–H and O–H groups in total. The van der Waals surface area contributed by atoms with Crippen LogP contribution in [0.4, 0.5) is 0 Å². The molecule has 0 aromatic heterocycles. The van der Waals surface area contributed by atoms with Crippen molar-refractivity contribution in [2.75, 3.05) is 7.11 Å². The smallest absolute Gasteiger partial charge is 0.129 e. The Hall–Kier alpha value is -1.91. The first-order chi connectivity index (χ1) is 9.70. The number of rotatable bonds is 6. The molecule has 0 fully saturated rings. The van der Waals surface area contributed by atoms with Crippen molar-refractivity contribution in [1.82, 2.24) is 0 Å². The van der Waals surface area contributed by atoms with Crippen molar-refractivity contribution < 1.29 is 9.47 Å². The first-order valence-corrected chi connectivity index (χ1v) is 6.70. The van der Waals surface area contributed by atoms with Gasteiger partial charge < -0.3 is 15.2 Å². The van der Waals surface area contributed by atoms with Crippen LogP contribution < -0.4 is 10.5 Å². The molecule has 0 atom stereocenters. The first kappa shape index (κ1) is 14.5. The average molecular weight is 287 g/mol. The molecule has 0 radical (unpaired) electrons. The normalized spacial score (nSPS) is 10.2. The fraction of sp³-hybridized carbons (Fsp3) is 0.188. The molecule has 3 nitrogen and oxygen atoms in total. The van der Waals surface area contributed by atoms with E-state index in [9.17, 15) is 0 Å². The molecule has 0 spiro atoms. The highest BCUT2D eigenvalue weighted by Crippen LogP contribution is 2.20.